The first kappa shape index (κ1) is 25.3. The van der Waals surface area contributed by atoms with Gasteiger partial charge in [-0.05, 0) is 39.9 Å². The van der Waals surface area contributed by atoms with Crippen LogP contribution in [-0.2, 0) is 19.6 Å². The quantitative estimate of drug-likeness (QED) is 0.177. The van der Waals surface area contributed by atoms with E-state index in [-0.39, 0.29) is 24.0 Å². The van der Waals surface area contributed by atoms with Gasteiger partial charge in [-0.2, -0.15) is 0 Å². The summed E-state index contributed by atoms with van der Waals surface area (Å²) in [7, 11) is 3.46. The van der Waals surface area contributed by atoms with Gasteiger partial charge in [-0.15, -0.1) is 24.0 Å². The minimum atomic E-state index is 0. The van der Waals surface area contributed by atoms with E-state index in [0.717, 1.165) is 23.8 Å². The molecule has 1 aromatic heterocycles. The van der Waals surface area contributed by atoms with Crippen LogP contribution in [0, 0.1) is 0 Å². The van der Waals surface area contributed by atoms with Crippen LogP contribution < -0.4 is 15.4 Å². The average molecular weight is 567 g/mol. The van der Waals surface area contributed by atoms with E-state index in [0.29, 0.717) is 13.1 Å². The van der Waals surface area contributed by atoms with Crippen molar-refractivity contribution in [1.29, 1.82) is 0 Å². The zero-order valence-electron chi connectivity index (χ0n) is 19.4. The molecule has 0 fully saturated rings. The van der Waals surface area contributed by atoms with Gasteiger partial charge < -0.3 is 19.9 Å². The lowest BCUT2D eigenvalue weighted by molar-refractivity contribution is 0.414. The van der Waals surface area contributed by atoms with Crippen LogP contribution in [0.1, 0.15) is 16.7 Å². The molecule has 1 heterocycles. The SMILES string of the molecule is CN=C(NCc1cccc(OC)c1)NCc1ccccc1-c1ccc(Cn2ccnc2)cc1.I. The number of halogens is 1. The molecule has 6 nitrogen and oxygen atoms in total. The van der Waals surface area contributed by atoms with E-state index in [1.807, 2.05) is 30.7 Å². The largest absolute Gasteiger partial charge is 0.497 e. The van der Waals surface area contributed by atoms with Crippen molar-refractivity contribution in [2.75, 3.05) is 14.2 Å². The Morgan fingerprint density at radius 3 is 2.47 bits per heavy atom. The van der Waals surface area contributed by atoms with E-state index in [1.165, 1.54) is 22.3 Å². The van der Waals surface area contributed by atoms with Crippen molar-refractivity contribution < 1.29 is 4.74 Å². The number of hydrogen-bond donors (Lipinski definition) is 2. The molecule has 2 N–H and O–H groups in total. The van der Waals surface area contributed by atoms with Crippen molar-refractivity contribution in [2.24, 2.45) is 4.99 Å². The molecule has 0 aliphatic heterocycles. The number of hydrogen-bond acceptors (Lipinski definition) is 3. The maximum absolute atomic E-state index is 5.30. The van der Waals surface area contributed by atoms with Gasteiger partial charge >= 0.3 is 0 Å². The van der Waals surface area contributed by atoms with Gasteiger partial charge in [0.25, 0.3) is 0 Å². The summed E-state index contributed by atoms with van der Waals surface area (Å²) in [5, 5.41) is 6.80. The van der Waals surface area contributed by atoms with Crippen LogP contribution in [0.15, 0.2) is 96.5 Å². The number of guanidine groups is 1. The van der Waals surface area contributed by atoms with Crippen molar-refractivity contribution >= 4 is 29.9 Å². The fourth-order valence-corrected chi connectivity index (χ4v) is 3.70. The molecular formula is C27H30IN5O. The molecule has 4 aromatic rings. The average Bonchev–Trinajstić information content (AvgIpc) is 3.38. The van der Waals surface area contributed by atoms with Gasteiger partial charge in [0, 0.05) is 39.1 Å². The molecule has 0 amide bonds. The lowest BCUT2D eigenvalue weighted by Gasteiger charge is -2.15. The van der Waals surface area contributed by atoms with Crippen LogP contribution in [0.25, 0.3) is 11.1 Å². The number of nitrogens with zero attached hydrogens (tertiary/aromatic N) is 3. The first-order valence-corrected chi connectivity index (χ1v) is 11.0. The van der Waals surface area contributed by atoms with Gasteiger partial charge in [0.15, 0.2) is 5.96 Å². The molecule has 0 unspecified atom stereocenters. The van der Waals surface area contributed by atoms with Gasteiger partial charge in [-0.3, -0.25) is 4.99 Å². The maximum Gasteiger partial charge on any atom is 0.191 e. The Morgan fingerprint density at radius 1 is 0.941 bits per heavy atom. The number of imidazole rings is 1. The summed E-state index contributed by atoms with van der Waals surface area (Å²) in [6.07, 6.45) is 5.62. The van der Waals surface area contributed by atoms with Gasteiger partial charge in [0.05, 0.1) is 13.4 Å². The number of aromatic nitrogens is 2. The predicted molar refractivity (Wildman–Crippen MR) is 149 cm³/mol. The second-order valence-electron chi connectivity index (χ2n) is 7.72. The Hall–Kier alpha value is -3.33. The highest BCUT2D eigenvalue weighted by molar-refractivity contribution is 14.0. The van der Waals surface area contributed by atoms with Crippen LogP contribution in [0.2, 0.25) is 0 Å². The molecule has 0 radical (unpaired) electrons. The molecule has 0 aliphatic carbocycles. The van der Waals surface area contributed by atoms with Gasteiger partial charge in [0.2, 0.25) is 0 Å². The second-order valence-corrected chi connectivity index (χ2v) is 7.72. The highest BCUT2D eigenvalue weighted by Gasteiger charge is 2.07. The van der Waals surface area contributed by atoms with E-state index in [4.69, 9.17) is 4.74 Å². The molecular weight excluding hydrogens is 537 g/mol. The highest BCUT2D eigenvalue weighted by Crippen LogP contribution is 2.24. The van der Waals surface area contributed by atoms with E-state index < -0.39 is 0 Å². The number of benzene rings is 3. The molecule has 0 saturated carbocycles. The van der Waals surface area contributed by atoms with Crippen LogP contribution in [0.4, 0.5) is 0 Å². The summed E-state index contributed by atoms with van der Waals surface area (Å²) >= 11 is 0. The number of nitrogens with one attached hydrogen (secondary N) is 2. The lowest BCUT2D eigenvalue weighted by atomic mass is 9.98. The number of aliphatic imine (C=N–C) groups is 1. The Labute approximate surface area is 218 Å². The number of methoxy groups -OCH3 is 1. The third kappa shape index (κ3) is 6.84. The summed E-state index contributed by atoms with van der Waals surface area (Å²) < 4.78 is 7.37. The molecule has 4 rings (SSSR count). The Balaban J connectivity index is 0.00000324. The van der Waals surface area contributed by atoms with Crippen molar-refractivity contribution in [3.05, 3.63) is 108 Å². The molecule has 0 bridgehead atoms. The van der Waals surface area contributed by atoms with Crippen LogP contribution in [0.5, 0.6) is 5.75 Å². The van der Waals surface area contributed by atoms with Gasteiger partial charge in [-0.25, -0.2) is 4.98 Å². The summed E-state index contributed by atoms with van der Waals surface area (Å²) in [6.45, 7) is 2.15. The molecule has 3 aromatic carbocycles. The third-order valence-electron chi connectivity index (χ3n) is 5.47. The van der Waals surface area contributed by atoms with E-state index in [2.05, 4.69) is 79.8 Å². The molecule has 0 aliphatic rings. The van der Waals surface area contributed by atoms with E-state index >= 15 is 0 Å². The van der Waals surface area contributed by atoms with Crippen molar-refractivity contribution in [3.8, 4) is 16.9 Å². The zero-order chi connectivity index (χ0) is 22.9. The number of rotatable bonds is 8. The fourth-order valence-electron chi connectivity index (χ4n) is 3.70. The van der Waals surface area contributed by atoms with E-state index in [9.17, 15) is 0 Å². The summed E-state index contributed by atoms with van der Waals surface area (Å²) in [6, 6.07) is 25.2. The van der Waals surface area contributed by atoms with Gasteiger partial charge in [0.1, 0.15) is 5.75 Å². The Kier molecular flexibility index (Phi) is 9.51. The van der Waals surface area contributed by atoms with Gasteiger partial charge in [-0.1, -0.05) is 60.7 Å². The van der Waals surface area contributed by atoms with Crippen molar-refractivity contribution in [3.63, 3.8) is 0 Å². The smallest absolute Gasteiger partial charge is 0.191 e. The number of ether oxygens (including phenoxy) is 1. The fraction of sp³-hybridized carbons (Fsp3) is 0.185. The predicted octanol–water partition coefficient (Wildman–Crippen LogP) is 5.09. The minimum absolute atomic E-state index is 0. The molecule has 0 atom stereocenters. The summed E-state index contributed by atoms with van der Waals surface area (Å²) in [5.74, 6) is 1.60. The lowest BCUT2D eigenvalue weighted by Crippen LogP contribution is -2.36. The molecule has 0 spiro atoms. The second kappa shape index (κ2) is 12.8. The van der Waals surface area contributed by atoms with Crippen LogP contribution >= 0.6 is 24.0 Å². The topological polar surface area (TPSA) is 63.5 Å². The van der Waals surface area contributed by atoms with Crippen LogP contribution in [-0.4, -0.2) is 29.7 Å². The molecule has 176 valence electrons. The first-order chi connectivity index (χ1) is 16.2. The minimum Gasteiger partial charge on any atom is -0.497 e. The zero-order valence-corrected chi connectivity index (χ0v) is 21.8. The summed E-state index contributed by atoms with van der Waals surface area (Å²) in [5.41, 5.74) is 6.00. The highest BCUT2D eigenvalue weighted by atomic mass is 127. The Bertz CT molecular complexity index is 1190. The molecule has 34 heavy (non-hydrogen) atoms. The standard InChI is InChI=1S/C27H29N5O.HI/c1-28-27(30-17-22-6-5-8-25(16-22)33-2)31-18-24-7-3-4-9-26(24)23-12-10-21(11-13-23)19-32-15-14-29-20-32;/h3-16,20H,17-19H2,1-2H3,(H2,28,30,31);1H. The normalized spacial score (nSPS) is 10.9. The molecule has 0 saturated heterocycles. The molecule has 7 heteroatoms. The van der Waals surface area contributed by atoms with Crippen molar-refractivity contribution in [1.82, 2.24) is 20.2 Å². The first-order valence-electron chi connectivity index (χ1n) is 11.0. The maximum atomic E-state index is 5.30. The van der Waals surface area contributed by atoms with Crippen molar-refractivity contribution in [2.45, 2.75) is 19.6 Å². The van der Waals surface area contributed by atoms with Crippen LogP contribution in [0.3, 0.4) is 0 Å². The Morgan fingerprint density at radius 2 is 1.74 bits per heavy atom. The third-order valence-corrected chi connectivity index (χ3v) is 5.47. The summed E-state index contributed by atoms with van der Waals surface area (Å²) in [4.78, 5) is 8.48. The van der Waals surface area contributed by atoms with E-state index in [1.54, 1.807) is 20.4 Å². The monoisotopic (exact) mass is 567 g/mol.